The largest absolute Gasteiger partial charge is 0.474 e. The number of aromatic nitrogens is 1. The van der Waals surface area contributed by atoms with Crippen LogP contribution in [0.1, 0.15) is 31.7 Å². The van der Waals surface area contributed by atoms with Crippen molar-refractivity contribution in [2.45, 2.75) is 31.7 Å². The average molecular weight is 444 g/mol. The van der Waals surface area contributed by atoms with Crippen LogP contribution in [0.2, 0.25) is 0 Å². The Bertz CT molecular complexity index is 1200. The van der Waals surface area contributed by atoms with Crippen LogP contribution in [-0.2, 0) is 10.3 Å². The van der Waals surface area contributed by atoms with Crippen molar-refractivity contribution in [3.63, 3.8) is 0 Å². The molecule has 2 N–H and O–H groups in total. The highest BCUT2D eigenvalue weighted by molar-refractivity contribution is 5.95. The summed E-state index contributed by atoms with van der Waals surface area (Å²) in [5.74, 6) is 0.396. The van der Waals surface area contributed by atoms with Crippen LogP contribution in [0.5, 0.6) is 5.88 Å². The van der Waals surface area contributed by atoms with Crippen LogP contribution in [0, 0.1) is 0 Å². The topological polar surface area (TPSA) is 91.8 Å². The summed E-state index contributed by atoms with van der Waals surface area (Å²) < 4.78 is 5.82. The van der Waals surface area contributed by atoms with E-state index in [4.69, 9.17) is 9.72 Å². The lowest BCUT2D eigenvalue weighted by molar-refractivity contribution is -0.116. The van der Waals surface area contributed by atoms with Gasteiger partial charge in [-0.05, 0) is 36.5 Å². The maximum atomic E-state index is 12.2. The molecule has 1 fully saturated rings. The van der Waals surface area contributed by atoms with Crippen LogP contribution in [0.3, 0.4) is 0 Å². The van der Waals surface area contributed by atoms with E-state index in [1.165, 1.54) is 0 Å². The van der Waals surface area contributed by atoms with Crippen molar-refractivity contribution in [1.29, 1.82) is 0 Å². The van der Waals surface area contributed by atoms with Crippen LogP contribution >= 0.6 is 0 Å². The zero-order valence-electron chi connectivity index (χ0n) is 18.4. The van der Waals surface area contributed by atoms with E-state index >= 15 is 0 Å². The third kappa shape index (κ3) is 3.80. The molecule has 2 heterocycles. The standard InChI is InChI=1S/C26H25N3O4/c1-17(30)29-14-15-33-24-22(29)16-21(18-6-3-2-4-7-18)23(27-24)19-8-10-20(11-9-19)26(12-5-13-26)28-25(31)32/h2-4,6-11,16,28H,5,12-15H2,1H3,(H,31,32). The molecule has 0 saturated heterocycles. The molecular formula is C26H25N3O4. The molecule has 0 unspecified atom stereocenters. The van der Waals surface area contributed by atoms with Gasteiger partial charge in [0.2, 0.25) is 11.8 Å². The molecule has 7 heteroatoms. The Morgan fingerprint density at radius 2 is 1.79 bits per heavy atom. The van der Waals surface area contributed by atoms with E-state index in [-0.39, 0.29) is 5.91 Å². The normalized spacial score (nSPS) is 16.2. The van der Waals surface area contributed by atoms with Crippen LogP contribution in [-0.4, -0.2) is 35.2 Å². The summed E-state index contributed by atoms with van der Waals surface area (Å²) >= 11 is 0. The lowest BCUT2D eigenvalue weighted by atomic mass is 9.71. The van der Waals surface area contributed by atoms with Crippen molar-refractivity contribution in [3.8, 4) is 28.3 Å². The summed E-state index contributed by atoms with van der Waals surface area (Å²) in [5, 5.41) is 12.0. The molecule has 0 atom stereocenters. The third-order valence-electron chi connectivity index (χ3n) is 6.54. The van der Waals surface area contributed by atoms with E-state index in [0.29, 0.717) is 24.7 Å². The average Bonchev–Trinajstić information content (AvgIpc) is 2.80. The molecule has 5 rings (SSSR count). The number of hydrogen-bond acceptors (Lipinski definition) is 4. The summed E-state index contributed by atoms with van der Waals surface area (Å²) in [5.41, 5.74) is 4.66. The molecule has 2 aliphatic rings. The number of carboxylic acid groups (broad SMARTS) is 1. The Balaban J connectivity index is 1.60. The second-order valence-electron chi connectivity index (χ2n) is 8.54. The van der Waals surface area contributed by atoms with Gasteiger partial charge in [0.1, 0.15) is 12.3 Å². The van der Waals surface area contributed by atoms with Crippen LogP contribution in [0.15, 0.2) is 60.7 Å². The zero-order chi connectivity index (χ0) is 23.0. The SMILES string of the molecule is CC(=O)N1CCOc2nc(-c3ccc(C4(NC(=O)O)CCC4)cc3)c(-c3ccccc3)cc21. The van der Waals surface area contributed by atoms with Gasteiger partial charge in [0, 0.05) is 18.1 Å². The van der Waals surface area contributed by atoms with Gasteiger partial charge in [-0.2, -0.15) is 0 Å². The molecule has 2 amide bonds. The maximum absolute atomic E-state index is 12.2. The maximum Gasteiger partial charge on any atom is 0.405 e. The number of benzene rings is 2. The van der Waals surface area contributed by atoms with Crippen molar-refractivity contribution < 1.29 is 19.4 Å². The van der Waals surface area contributed by atoms with E-state index in [1.807, 2.05) is 60.7 Å². The molecule has 0 radical (unpaired) electrons. The van der Waals surface area contributed by atoms with Gasteiger partial charge in [-0.15, -0.1) is 0 Å². The van der Waals surface area contributed by atoms with Crippen molar-refractivity contribution >= 4 is 17.7 Å². The van der Waals surface area contributed by atoms with E-state index in [2.05, 4.69) is 5.32 Å². The lowest BCUT2D eigenvalue weighted by Crippen LogP contribution is -2.50. The van der Waals surface area contributed by atoms with E-state index in [9.17, 15) is 14.7 Å². The number of fused-ring (bicyclic) bond motifs is 1. The first kappa shape index (κ1) is 21.0. The number of rotatable bonds is 4. The molecule has 0 spiro atoms. The second kappa shape index (κ2) is 8.24. The minimum atomic E-state index is -1.01. The fraction of sp³-hybridized carbons (Fsp3) is 0.269. The van der Waals surface area contributed by atoms with Gasteiger partial charge in [0.05, 0.1) is 17.8 Å². The molecule has 33 heavy (non-hydrogen) atoms. The molecular weight excluding hydrogens is 418 g/mol. The summed E-state index contributed by atoms with van der Waals surface area (Å²) in [6, 6.07) is 19.8. The summed E-state index contributed by atoms with van der Waals surface area (Å²) in [6.07, 6.45) is 1.57. The number of ether oxygens (including phenoxy) is 1. The first-order chi connectivity index (χ1) is 16.0. The number of nitrogens with zero attached hydrogens (tertiary/aromatic N) is 2. The number of carbonyl (C=O) groups is 2. The Kier molecular flexibility index (Phi) is 5.24. The Morgan fingerprint density at radius 3 is 2.39 bits per heavy atom. The van der Waals surface area contributed by atoms with Gasteiger partial charge in [-0.3, -0.25) is 4.79 Å². The van der Waals surface area contributed by atoms with Crippen molar-refractivity contribution in [2.24, 2.45) is 0 Å². The molecule has 0 bridgehead atoms. The molecule has 1 aliphatic carbocycles. The molecule has 2 aromatic carbocycles. The summed E-state index contributed by atoms with van der Waals surface area (Å²) in [7, 11) is 0. The molecule has 1 aliphatic heterocycles. The van der Waals surface area contributed by atoms with Crippen molar-refractivity contribution in [2.75, 3.05) is 18.1 Å². The first-order valence-electron chi connectivity index (χ1n) is 11.1. The van der Waals surface area contributed by atoms with Gasteiger partial charge in [0.25, 0.3) is 0 Å². The van der Waals surface area contributed by atoms with Gasteiger partial charge in [-0.1, -0.05) is 54.6 Å². The quantitative estimate of drug-likeness (QED) is 0.604. The number of amides is 2. The number of hydrogen-bond donors (Lipinski definition) is 2. The predicted molar refractivity (Wildman–Crippen MR) is 125 cm³/mol. The highest BCUT2D eigenvalue weighted by Gasteiger charge is 2.40. The number of nitrogens with one attached hydrogen (secondary N) is 1. The Morgan fingerprint density at radius 1 is 1.06 bits per heavy atom. The Labute approximate surface area is 192 Å². The monoisotopic (exact) mass is 443 g/mol. The van der Waals surface area contributed by atoms with E-state index in [1.54, 1.807) is 11.8 Å². The fourth-order valence-corrected chi connectivity index (χ4v) is 4.69. The second-order valence-corrected chi connectivity index (χ2v) is 8.54. The van der Waals surface area contributed by atoms with Gasteiger partial charge < -0.3 is 20.1 Å². The van der Waals surface area contributed by atoms with Crippen LogP contribution in [0.4, 0.5) is 10.5 Å². The molecule has 1 saturated carbocycles. The van der Waals surface area contributed by atoms with Gasteiger partial charge in [0.15, 0.2) is 0 Å². The van der Waals surface area contributed by atoms with E-state index in [0.717, 1.165) is 47.2 Å². The van der Waals surface area contributed by atoms with E-state index < -0.39 is 11.6 Å². The molecule has 7 nitrogen and oxygen atoms in total. The molecule has 1 aromatic heterocycles. The predicted octanol–water partition coefficient (Wildman–Crippen LogP) is 4.81. The van der Waals surface area contributed by atoms with Crippen LogP contribution < -0.4 is 15.0 Å². The van der Waals surface area contributed by atoms with Gasteiger partial charge >= 0.3 is 6.09 Å². The highest BCUT2D eigenvalue weighted by atomic mass is 16.5. The number of anilines is 1. The number of carbonyl (C=O) groups excluding carboxylic acids is 1. The minimum Gasteiger partial charge on any atom is -0.474 e. The summed E-state index contributed by atoms with van der Waals surface area (Å²) in [4.78, 5) is 30.1. The van der Waals surface area contributed by atoms with Crippen molar-refractivity contribution in [1.82, 2.24) is 10.3 Å². The molecule has 3 aromatic rings. The highest BCUT2D eigenvalue weighted by Crippen LogP contribution is 2.43. The van der Waals surface area contributed by atoms with Crippen LogP contribution in [0.25, 0.3) is 22.4 Å². The third-order valence-corrected chi connectivity index (χ3v) is 6.54. The minimum absolute atomic E-state index is 0.0470. The smallest absolute Gasteiger partial charge is 0.405 e. The lowest BCUT2D eigenvalue weighted by Gasteiger charge is -2.42. The zero-order valence-corrected chi connectivity index (χ0v) is 18.4. The summed E-state index contributed by atoms with van der Waals surface area (Å²) in [6.45, 7) is 2.43. The fourth-order valence-electron chi connectivity index (χ4n) is 4.69. The Hall–Kier alpha value is -3.87. The first-order valence-corrected chi connectivity index (χ1v) is 11.1. The number of pyridine rings is 1. The molecule has 168 valence electrons. The van der Waals surface area contributed by atoms with Crippen molar-refractivity contribution in [3.05, 3.63) is 66.2 Å². The van der Waals surface area contributed by atoms with Gasteiger partial charge in [-0.25, -0.2) is 9.78 Å².